The minimum atomic E-state index is -2.34. The van der Waals surface area contributed by atoms with Crippen LogP contribution in [0.15, 0.2) is 54.6 Å². The van der Waals surface area contributed by atoms with Crippen LogP contribution in [0.3, 0.4) is 0 Å². The van der Waals surface area contributed by atoms with Gasteiger partial charge < -0.3 is 10.1 Å². The minimum absolute atomic E-state index is 0.0182. The van der Waals surface area contributed by atoms with Crippen LogP contribution in [0.2, 0.25) is 0 Å². The number of rotatable bonds is 4. The lowest BCUT2D eigenvalue weighted by atomic mass is 10.1. The largest absolute Gasteiger partial charge is 0.455 e. The van der Waals surface area contributed by atoms with Crippen molar-refractivity contribution in [2.45, 2.75) is 0 Å². The minimum Gasteiger partial charge on any atom is -0.455 e. The molecule has 0 aliphatic rings. The molecule has 1 amide bonds. The van der Waals surface area contributed by atoms with E-state index in [2.05, 4.69) is 5.32 Å². The number of hydrogen-bond donors (Lipinski definition) is 1. The molecule has 0 unspecified atom stereocenters. The first-order valence-electron chi connectivity index (χ1n) is 7.55. The number of hydrogen-bond acceptors (Lipinski definition) is 2. The van der Waals surface area contributed by atoms with Crippen molar-refractivity contribution in [3.63, 3.8) is 0 Å². The van der Waals surface area contributed by atoms with Crippen LogP contribution in [-0.4, -0.2) is 5.91 Å². The summed E-state index contributed by atoms with van der Waals surface area (Å²) in [5.74, 6) is -12.2. The predicted molar refractivity (Wildman–Crippen MR) is 87.1 cm³/mol. The van der Waals surface area contributed by atoms with Gasteiger partial charge in [-0.05, 0) is 24.3 Å². The van der Waals surface area contributed by atoms with Crippen LogP contribution in [0.5, 0.6) is 11.5 Å². The lowest BCUT2D eigenvalue weighted by Crippen LogP contribution is -2.19. The number of benzene rings is 3. The van der Waals surface area contributed by atoms with E-state index < -0.39 is 40.6 Å². The zero-order chi connectivity index (χ0) is 19.6. The molecule has 0 spiro atoms. The zero-order valence-electron chi connectivity index (χ0n) is 13.4. The molecular formula is C19H10F5NO2. The van der Waals surface area contributed by atoms with E-state index in [0.29, 0.717) is 5.75 Å². The monoisotopic (exact) mass is 379 g/mol. The van der Waals surface area contributed by atoms with Gasteiger partial charge in [0.1, 0.15) is 11.3 Å². The van der Waals surface area contributed by atoms with Gasteiger partial charge in [-0.3, -0.25) is 4.79 Å². The summed E-state index contributed by atoms with van der Waals surface area (Å²) in [7, 11) is 0. The van der Waals surface area contributed by atoms with E-state index in [4.69, 9.17) is 4.74 Å². The van der Waals surface area contributed by atoms with Crippen molar-refractivity contribution >= 4 is 11.6 Å². The van der Waals surface area contributed by atoms with E-state index in [1.807, 2.05) is 0 Å². The average Bonchev–Trinajstić information content (AvgIpc) is 2.67. The van der Waals surface area contributed by atoms with Gasteiger partial charge in [-0.15, -0.1) is 0 Å². The summed E-state index contributed by atoms with van der Waals surface area (Å²) in [6.45, 7) is 0. The Hall–Kier alpha value is -3.42. The molecule has 3 nitrogen and oxygen atoms in total. The van der Waals surface area contributed by atoms with Gasteiger partial charge in [0.05, 0.1) is 5.69 Å². The quantitative estimate of drug-likeness (QED) is 0.373. The lowest BCUT2D eigenvalue weighted by molar-refractivity contribution is 0.101. The van der Waals surface area contributed by atoms with Crippen molar-refractivity contribution in [2.24, 2.45) is 0 Å². The van der Waals surface area contributed by atoms with Crippen LogP contribution in [0.4, 0.5) is 27.6 Å². The zero-order valence-corrected chi connectivity index (χ0v) is 13.4. The molecule has 0 bridgehead atoms. The maximum absolute atomic E-state index is 13.8. The molecule has 138 valence electrons. The number of nitrogens with one attached hydrogen (secondary N) is 1. The Morgan fingerprint density at radius 1 is 0.704 bits per heavy atom. The second-order valence-electron chi connectivity index (χ2n) is 5.31. The Bertz CT molecular complexity index is 979. The highest BCUT2D eigenvalue weighted by atomic mass is 19.2. The third-order valence-electron chi connectivity index (χ3n) is 3.54. The molecule has 0 atom stereocenters. The van der Waals surface area contributed by atoms with Crippen molar-refractivity contribution in [3.05, 3.63) is 89.2 Å². The molecular weight excluding hydrogens is 369 g/mol. The van der Waals surface area contributed by atoms with Crippen molar-refractivity contribution in [1.29, 1.82) is 0 Å². The summed E-state index contributed by atoms with van der Waals surface area (Å²) in [6, 6.07) is 14.3. The predicted octanol–water partition coefficient (Wildman–Crippen LogP) is 5.43. The fourth-order valence-corrected chi connectivity index (χ4v) is 2.26. The molecule has 1 N–H and O–H groups in total. The van der Waals surface area contributed by atoms with Gasteiger partial charge in [0.2, 0.25) is 5.82 Å². The Labute approximate surface area is 150 Å². The number of carbonyl (C=O) groups is 1. The number of halogens is 5. The lowest BCUT2D eigenvalue weighted by Gasteiger charge is -2.13. The smallest absolute Gasteiger partial charge is 0.261 e. The third-order valence-corrected chi connectivity index (χ3v) is 3.54. The van der Waals surface area contributed by atoms with Crippen molar-refractivity contribution in [1.82, 2.24) is 0 Å². The van der Waals surface area contributed by atoms with Crippen LogP contribution >= 0.6 is 0 Å². The fourth-order valence-electron chi connectivity index (χ4n) is 2.26. The van der Waals surface area contributed by atoms with Crippen LogP contribution < -0.4 is 10.1 Å². The molecule has 3 aromatic carbocycles. The van der Waals surface area contributed by atoms with Crippen LogP contribution in [0, 0.1) is 29.1 Å². The highest BCUT2D eigenvalue weighted by molar-refractivity contribution is 6.05. The van der Waals surface area contributed by atoms with Crippen LogP contribution in [-0.2, 0) is 0 Å². The Morgan fingerprint density at radius 3 is 1.85 bits per heavy atom. The summed E-state index contributed by atoms with van der Waals surface area (Å²) in [4.78, 5) is 12.2. The molecule has 0 aliphatic carbocycles. The summed E-state index contributed by atoms with van der Waals surface area (Å²) in [5.41, 5.74) is -1.60. The fraction of sp³-hybridized carbons (Fsp3) is 0. The first kappa shape index (κ1) is 18.4. The standard InChI is InChI=1S/C19H10F5NO2/c20-14-13(15(21)17(23)18(24)16(14)22)19(26)25-11-8-4-5-9-12(11)27-10-6-2-1-3-7-10/h1-9H,(H,25,26). The number of para-hydroxylation sites is 3. The molecule has 3 aromatic rings. The van der Waals surface area contributed by atoms with Gasteiger partial charge >= 0.3 is 0 Å². The topological polar surface area (TPSA) is 38.3 Å². The van der Waals surface area contributed by atoms with Gasteiger partial charge in [0, 0.05) is 0 Å². The Morgan fingerprint density at radius 2 is 1.22 bits per heavy atom. The number of amides is 1. The Kier molecular flexibility index (Phi) is 5.07. The molecule has 0 saturated carbocycles. The number of ether oxygens (including phenoxy) is 1. The molecule has 8 heteroatoms. The van der Waals surface area contributed by atoms with Crippen molar-refractivity contribution < 1.29 is 31.5 Å². The van der Waals surface area contributed by atoms with Gasteiger partial charge in [-0.1, -0.05) is 30.3 Å². The first-order chi connectivity index (χ1) is 12.9. The summed E-state index contributed by atoms with van der Waals surface area (Å²) in [5, 5.41) is 2.10. The number of anilines is 1. The molecule has 0 saturated heterocycles. The molecule has 3 rings (SSSR count). The maximum atomic E-state index is 13.8. The van der Waals surface area contributed by atoms with Crippen LogP contribution in [0.25, 0.3) is 0 Å². The van der Waals surface area contributed by atoms with Crippen LogP contribution in [0.1, 0.15) is 10.4 Å². The molecule has 0 aliphatic heterocycles. The van der Waals surface area contributed by atoms with Gasteiger partial charge in [-0.25, -0.2) is 22.0 Å². The first-order valence-corrected chi connectivity index (χ1v) is 7.55. The Balaban J connectivity index is 1.94. The second-order valence-corrected chi connectivity index (χ2v) is 5.31. The van der Waals surface area contributed by atoms with Gasteiger partial charge in [0.25, 0.3) is 5.91 Å². The summed E-state index contributed by atoms with van der Waals surface area (Å²) >= 11 is 0. The highest BCUT2D eigenvalue weighted by Crippen LogP contribution is 2.30. The summed E-state index contributed by atoms with van der Waals surface area (Å²) in [6.07, 6.45) is 0. The molecule has 27 heavy (non-hydrogen) atoms. The van der Waals surface area contributed by atoms with E-state index in [1.165, 1.54) is 18.2 Å². The third kappa shape index (κ3) is 3.59. The van der Waals surface area contributed by atoms with Crippen molar-refractivity contribution in [2.75, 3.05) is 5.32 Å². The average molecular weight is 379 g/mol. The second kappa shape index (κ2) is 7.45. The van der Waals surface area contributed by atoms with Gasteiger partial charge in [-0.2, -0.15) is 0 Å². The van der Waals surface area contributed by atoms with E-state index in [1.54, 1.807) is 36.4 Å². The SMILES string of the molecule is O=C(Nc1ccccc1Oc1ccccc1)c1c(F)c(F)c(F)c(F)c1F. The molecule has 0 aromatic heterocycles. The van der Waals surface area contributed by atoms with E-state index in [-0.39, 0.29) is 11.4 Å². The van der Waals surface area contributed by atoms with E-state index in [0.717, 1.165) is 0 Å². The van der Waals surface area contributed by atoms with Crippen molar-refractivity contribution in [3.8, 4) is 11.5 Å². The molecule has 0 heterocycles. The van der Waals surface area contributed by atoms with E-state index in [9.17, 15) is 26.7 Å². The normalized spacial score (nSPS) is 10.6. The molecule has 0 fully saturated rings. The number of carbonyl (C=O) groups excluding carboxylic acids is 1. The maximum Gasteiger partial charge on any atom is 0.261 e. The molecule has 0 radical (unpaired) electrons. The summed E-state index contributed by atoms with van der Waals surface area (Å²) < 4.78 is 72.9. The highest BCUT2D eigenvalue weighted by Gasteiger charge is 2.30. The van der Waals surface area contributed by atoms with Gasteiger partial charge in [0.15, 0.2) is 29.0 Å². The van der Waals surface area contributed by atoms with E-state index >= 15 is 0 Å².